The van der Waals surface area contributed by atoms with Gasteiger partial charge in [-0.1, -0.05) is 18.7 Å². The summed E-state index contributed by atoms with van der Waals surface area (Å²) < 4.78 is 0.889. The summed E-state index contributed by atoms with van der Waals surface area (Å²) in [5, 5.41) is 13.0. The lowest BCUT2D eigenvalue weighted by atomic mass is 10.2. The van der Waals surface area contributed by atoms with Crippen molar-refractivity contribution in [2.24, 2.45) is 4.99 Å². The molecule has 1 atom stereocenters. The molecule has 0 aromatic heterocycles. The second-order valence-electron chi connectivity index (χ2n) is 3.74. The van der Waals surface area contributed by atoms with Crippen molar-refractivity contribution in [1.29, 1.82) is 5.26 Å². The van der Waals surface area contributed by atoms with E-state index in [1.165, 1.54) is 0 Å². The minimum absolute atomic E-state index is 0.430. The van der Waals surface area contributed by atoms with E-state index in [4.69, 9.17) is 5.26 Å². The molecule has 17 heavy (non-hydrogen) atoms. The molecule has 1 aromatic rings. The fraction of sp³-hybridized carbons (Fsp3) is 0.333. The number of rotatable bonds is 2. The fourth-order valence-corrected chi connectivity index (χ4v) is 3.04. The number of thioether (sulfide) groups is 1. The van der Waals surface area contributed by atoms with Crippen molar-refractivity contribution in [3.63, 3.8) is 0 Å². The van der Waals surface area contributed by atoms with Crippen LogP contribution in [-0.4, -0.2) is 17.0 Å². The van der Waals surface area contributed by atoms with Crippen LogP contribution in [0.5, 0.6) is 0 Å². The second kappa shape index (κ2) is 5.56. The van der Waals surface area contributed by atoms with Gasteiger partial charge in [0.15, 0.2) is 5.17 Å². The summed E-state index contributed by atoms with van der Waals surface area (Å²) in [5.74, 6) is 1.05. The Labute approximate surface area is 113 Å². The second-order valence-corrected chi connectivity index (χ2v) is 5.60. The molecule has 3 nitrogen and oxygen atoms in total. The maximum absolute atomic E-state index is 8.78. The Bertz CT molecular complexity index is 493. The van der Waals surface area contributed by atoms with Crippen LogP contribution >= 0.6 is 27.7 Å². The van der Waals surface area contributed by atoms with Gasteiger partial charge >= 0.3 is 0 Å². The van der Waals surface area contributed by atoms with Crippen LogP contribution < -0.4 is 5.32 Å². The molecule has 1 aromatic carbocycles. The van der Waals surface area contributed by atoms with Gasteiger partial charge in [0.05, 0.1) is 23.4 Å². The van der Waals surface area contributed by atoms with Crippen molar-refractivity contribution >= 4 is 38.5 Å². The molecule has 2 rings (SSSR count). The number of hydrogen-bond acceptors (Lipinski definition) is 4. The number of nitrogens with one attached hydrogen (secondary N) is 1. The highest BCUT2D eigenvalue weighted by molar-refractivity contribution is 9.10. The predicted molar refractivity (Wildman–Crippen MR) is 76.5 cm³/mol. The fourth-order valence-electron chi connectivity index (χ4n) is 1.49. The van der Waals surface area contributed by atoms with Crippen LogP contribution in [0.3, 0.4) is 0 Å². The van der Waals surface area contributed by atoms with E-state index in [0.29, 0.717) is 11.6 Å². The number of halogens is 1. The molecule has 0 aliphatic carbocycles. The van der Waals surface area contributed by atoms with Crippen molar-refractivity contribution in [3.05, 3.63) is 28.2 Å². The lowest BCUT2D eigenvalue weighted by Crippen LogP contribution is -2.05. The number of amidine groups is 1. The molecule has 1 aliphatic rings. The zero-order chi connectivity index (χ0) is 12.3. The van der Waals surface area contributed by atoms with Crippen molar-refractivity contribution in [2.75, 3.05) is 11.1 Å². The molecule has 1 unspecified atom stereocenters. The van der Waals surface area contributed by atoms with Gasteiger partial charge in [0.1, 0.15) is 0 Å². The van der Waals surface area contributed by atoms with E-state index in [1.807, 2.05) is 6.07 Å². The van der Waals surface area contributed by atoms with E-state index >= 15 is 0 Å². The van der Waals surface area contributed by atoms with Gasteiger partial charge in [-0.25, -0.2) is 0 Å². The zero-order valence-corrected chi connectivity index (χ0v) is 11.8. The van der Waals surface area contributed by atoms with E-state index in [-0.39, 0.29) is 0 Å². The summed E-state index contributed by atoms with van der Waals surface area (Å²) in [6.45, 7) is 2.15. The molecule has 5 heteroatoms. The average molecular weight is 310 g/mol. The lowest BCUT2D eigenvalue weighted by molar-refractivity contribution is 0.738. The third-order valence-electron chi connectivity index (χ3n) is 2.52. The molecular formula is C12H12BrN3S. The first-order valence-electron chi connectivity index (χ1n) is 5.40. The maximum Gasteiger partial charge on any atom is 0.161 e. The summed E-state index contributed by atoms with van der Waals surface area (Å²) in [6, 6.07) is 8.04. The standard InChI is InChI=1S/C12H12BrN3S/c1-2-9-7-17-12(15-9)16-11-4-3-8(6-14)5-10(11)13/h3-5,9H,2,7H2,1H3,(H,15,16). The van der Waals surface area contributed by atoms with Crippen LogP contribution in [0.4, 0.5) is 5.69 Å². The summed E-state index contributed by atoms with van der Waals surface area (Å²) in [7, 11) is 0. The predicted octanol–water partition coefficient (Wildman–Crippen LogP) is 3.61. The minimum Gasteiger partial charge on any atom is -0.334 e. The first-order valence-corrected chi connectivity index (χ1v) is 7.18. The summed E-state index contributed by atoms with van der Waals surface area (Å²) in [5.41, 5.74) is 1.60. The number of hydrogen-bond donors (Lipinski definition) is 1. The summed E-state index contributed by atoms with van der Waals surface area (Å²) in [6.07, 6.45) is 1.08. The molecule has 1 heterocycles. The molecule has 88 valence electrons. The molecule has 0 fully saturated rings. The Balaban J connectivity index is 2.12. The van der Waals surface area contributed by atoms with Gasteiger partial charge in [0.2, 0.25) is 0 Å². The highest BCUT2D eigenvalue weighted by atomic mass is 79.9. The van der Waals surface area contributed by atoms with Crippen LogP contribution in [0.2, 0.25) is 0 Å². The van der Waals surface area contributed by atoms with E-state index in [0.717, 1.165) is 27.5 Å². The van der Waals surface area contributed by atoms with E-state index < -0.39 is 0 Å². The van der Waals surface area contributed by atoms with Gasteiger partial charge < -0.3 is 5.32 Å². The largest absolute Gasteiger partial charge is 0.334 e. The quantitative estimate of drug-likeness (QED) is 0.907. The third-order valence-corrected chi connectivity index (χ3v) is 4.21. The molecule has 0 amide bonds. The van der Waals surface area contributed by atoms with Crippen molar-refractivity contribution in [3.8, 4) is 6.07 Å². The van der Waals surface area contributed by atoms with Gasteiger partial charge in [-0.3, -0.25) is 4.99 Å². The summed E-state index contributed by atoms with van der Waals surface area (Å²) in [4.78, 5) is 4.57. The highest BCUT2D eigenvalue weighted by Crippen LogP contribution is 2.27. The SMILES string of the molecule is CCC1CSC(Nc2ccc(C#N)cc2Br)=N1. The molecule has 1 N–H and O–H groups in total. The first-order chi connectivity index (χ1) is 8.22. The molecule has 0 saturated carbocycles. The third kappa shape index (κ3) is 3.02. The van der Waals surface area contributed by atoms with Crippen LogP contribution in [0, 0.1) is 11.3 Å². The molecule has 0 radical (unpaired) electrons. The summed E-state index contributed by atoms with van der Waals surface area (Å²) >= 11 is 5.19. The molecule has 0 spiro atoms. The van der Waals surface area contributed by atoms with Gasteiger partial charge in [-0.05, 0) is 40.5 Å². The molecular weight excluding hydrogens is 298 g/mol. The minimum atomic E-state index is 0.430. The average Bonchev–Trinajstić information content (AvgIpc) is 2.79. The monoisotopic (exact) mass is 309 g/mol. The number of anilines is 1. The molecule has 0 saturated heterocycles. The van der Waals surface area contributed by atoms with E-state index in [2.05, 4.69) is 39.2 Å². The van der Waals surface area contributed by atoms with Gasteiger partial charge in [0, 0.05) is 10.2 Å². The smallest absolute Gasteiger partial charge is 0.161 e. The van der Waals surface area contributed by atoms with E-state index in [1.54, 1.807) is 23.9 Å². The number of aliphatic imine (C=N–C) groups is 1. The lowest BCUT2D eigenvalue weighted by Gasteiger charge is -2.07. The van der Waals surface area contributed by atoms with Crippen LogP contribution in [0.1, 0.15) is 18.9 Å². The Morgan fingerprint density at radius 3 is 3.06 bits per heavy atom. The maximum atomic E-state index is 8.78. The zero-order valence-electron chi connectivity index (χ0n) is 9.40. The van der Waals surface area contributed by atoms with Gasteiger partial charge in [-0.2, -0.15) is 5.26 Å². The first kappa shape index (κ1) is 12.5. The number of nitrogens with zero attached hydrogens (tertiary/aromatic N) is 2. The van der Waals surface area contributed by atoms with Crippen LogP contribution in [0.25, 0.3) is 0 Å². The van der Waals surface area contributed by atoms with Gasteiger partial charge in [-0.15, -0.1) is 0 Å². The van der Waals surface area contributed by atoms with Crippen molar-refractivity contribution in [2.45, 2.75) is 19.4 Å². The number of nitriles is 1. The Morgan fingerprint density at radius 2 is 2.47 bits per heavy atom. The molecule has 0 bridgehead atoms. The Morgan fingerprint density at radius 1 is 1.65 bits per heavy atom. The Kier molecular flexibility index (Phi) is 4.08. The highest BCUT2D eigenvalue weighted by Gasteiger charge is 2.17. The Hall–Kier alpha value is -0.990. The topological polar surface area (TPSA) is 48.2 Å². The molecule has 1 aliphatic heterocycles. The van der Waals surface area contributed by atoms with Crippen molar-refractivity contribution < 1.29 is 0 Å². The van der Waals surface area contributed by atoms with Crippen LogP contribution in [-0.2, 0) is 0 Å². The van der Waals surface area contributed by atoms with Gasteiger partial charge in [0.25, 0.3) is 0 Å². The van der Waals surface area contributed by atoms with E-state index in [9.17, 15) is 0 Å². The number of benzene rings is 1. The normalized spacial score (nSPS) is 18.6. The van der Waals surface area contributed by atoms with Crippen LogP contribution in [0.15, 0.2) is 27.7 Å². The van der Waals surface area contributed by atoms with Crippen molar-refractivity contribution in [1.82, 2.24) is 0 Å².